The summed E-state index contributed by atoms with van der Waals surface area (Å²) in [5, 5.41) is 3.41. The van der Waals surface area contributed by atoms with E-state index in [9.17, 15) is 0 Å². The lowest BCUT2D eigenvalue weighted by Crippen LogP contribution is -2.21. The molecular formula is C14H16BrNO2. The van der Waals surface area contributed by atoms with Gasteiger partial charge < -0.3 is 14.5 Å². The largest absolute Gasteiger partial charge is 0.496 e. The second kappa shape index (κ2) is 6.07. The maximum atomic E-state index is 5.49. The van der Waals surface area contributed by atoms with Crippen LogP contribution in [-0.2, 0) is 0 Å². The zero-order valence-corrected chi connectivity index (χ0v) is 12.0. The Morgan fingerprint density at radius 3 is 2.78 bits per heavy atom. The number of ether oxygens (including phenoxy) is 1. The van der Waals surface area contributed by atoms with Crippen LogP contribution in [0, 0.1) is 0 Å². The molecule has 1 heterocycles. The Balaban J connectivity index is 2.34. The van der Waals surface area contributed by atoms with Crippen LogP contribution in [0.3, 0.4) is 0 Å². The number of hydrogen-bond donors (Lipinski definition) is 1. The number of halogens is 1. The SMILES string of the molecule is CCNC(c1ccc(OC)c(Br)c1)c1ccco1. The maximum Gasteiger partial charge on any atom is 0.133 e. The molecule has 1 aromatic heterocycles. The van der Waals surface area contributed by atoms with Gasteiger partial charge in [0.1, 0.15) is 11.5 Å². The van der Waals surface area contributed by atoms with Crippen LogP contribution in [0.15, 0.2) is 45.5 Å². The molecule has 0 aliphatic rings. The van der Waals surface area contributed by atoms with E-state index >= 15 is 0 Å². The van der Waals surface area contributed by atoms with Gasteiger partial charge in [-0.25, -0.2) is 0 Å². The second-order valence-electron chi connectivity index (χ2n) is 3.90. The van der Waals surface area contributed by atoms with Gasteiger partial charge >= 0.3 is 0 Å². The molecule has 0 saturated carbocycles. The third-order valence-electron chi connectivity index (χ3n) is 2.75. The minimum Gasteiger partial charge on any atom is -0.496 e. The Kier molecular flexibility index (Phi) is 4.44. The Morgan fingerprint density at radius 1 is 1.39 bits per heavy atom. The third-order valence-corrected chi connectivity index (χ3v) is 3.36. The first-order valence-corrected chi connectivity index (χ1v) is 6.65. The molecule has 0 fully saturated rings. The molecular weight excluding hydrogens is 294 g/mol. The van der Waals surface area contributed by atoms with Gasteiger partial charge in [0.2, 0.25) is 0 Å². The van der Waals surface area contributed by atoms with Crippen molar-refractivity contribution in [3.05, 3.63) is 52.4 Å². The molecule has 18 heavy (non-hydrogen) atoms. The first kappa shape index (κ1) is 13.2. The predicted octanol–water partition coefficient (Wildman–Crippen LogP) is 3.75. The summed E-state index contributed by atoms with van der Waals surface area (Å²) in [5.74, 6) is 1.74. The Hall–Kier alpha value is -1.26. The molecule has 0 bridgehead atoms. The summed E-state index contributed by atoms with van der Waals surface area (Å²) in [7, 11) is 1.66. The monoisotopic (exact) mass is 309 g/mol. The number of nitrogens with one attached hydrogen (secondary N) is 1. The molecule has 0 saturated heterocycles. The molecule has 3 nitrogen and oxygen atoms in total. The second-order valence-corrected chi connectivity index (χ2v) is 4.75. The van der Waals surface area contributed by atoms with Gasteiger partial charge in [-0.3, -0.25) is 0 Å². The number of benzene rings is 1. The van der Waals surface area contributed by atoms with Crippen LogP contribution in [-0.4, -0.2) is 13.7 Å². The molecule has 2 rings (SSSR count). The summed E-state index contributed by atoms with van der Waals surface area (Å²) >= 11 is 3.51. The highest BCUT2D eigenvalue weighted by Gasteiger charge is 2.16. The first-order valence-electron chi connectivity index (χ1n) is 5.86. The van der Waals surface area contributed by atoms with Crippen molar-refractivity contribution in [2.24, 2.45) is 0 Å². The Morgan fingerprint density at radius 2 is 2.22 bits per heavy atom. The third kappa shape index (κ3) is 2.76. The van der Waals surface area contributed by atoms with Crippen LogP contribution in [0.4, 0.5) is 0 Å². The zero-order chi connectivity index (χ0) is 13.0. The molecule has 1 N–H and O–H groups in total. The van der Waals surface area contributed by atoms with Crippen LogP contribution in [0.5, 0.6) is 5.75 Å². The summed E-state index contributed by atoms with van der Waals surface area (Å²) in [6.07, 6.45) is 1.69. The van der Waals surface area contributed by atoms with Gasteiger partial charge in [-0.2, -0.15) is 0 Å². The van der Waals surface area contributed by atoms with E-state index in [2.05, 4.69) is 34.2 Å². The molecule has 96 valence electrons. The number of hydrogen-bond acceptors (Lipinski definition) is 3. The highest BCUT2D eigenvalue weighted by molar-refractivity contribution is 9.10. The predicted molar refractivity (Wildman–Crippen MR) is 74.9 cm³/mol. The average Bonchev–Trinajstić information content (AvgIpc) is 2.89. The van der Waals surface area contributed by atoms with Gasteiger partial charge in [0.05, 0.1) is 23.9 Å². The van der Waals surface area contributed by atoms with Gasteiger partial charge in [0, 0.05) is 0 Å². The molecule has 0 amide bonds. The van der Waals surface area contributed by atoms with Crippen molar-refractivity contribution in [2.75, 3.05) is 13.7 Å². The van der Waals surface area contributed by atoms with Crippen LogP contribution in [0.1, 0.15) is 24.3 Å². The lowest BCUT2D eigenvalue weighted by molar-refractivity contribution is 0.411. The topological polar surface area (TPSA) is 34.4 Å². The normalized spacial score (nSPS) is 12.4. The lowest BCUT2D eigenvalue weighted by atomic mass is 10.0. The van der Waals surface area contributed by atoms with E-state index < -0.39 is 0 Å². The van der Waals surface area contributed by atoms with Crippen molar-refractivity contribution < 1.29 is 9.15 Å². The number of furan rings is 1. The quantitative estimate of drug-likeness (QED) is 0.913. The standard InChI is InChI=1S/C14H16BrNO2/c1-3-16-14(13-5-4-8-18-13)10-6-7-12(17-2)11(15)9-10/h4-9,14,16H,3H2,1-2H3. The summed E-state index contributed by atoms with van der Waals surface area (Å²) < 4.78 is 11.7. The molecule has 1 atom stereocenters. The van der Waals surface area contributed by atoms with E-state index in [1.54, 1.807) is 13.4 Å². The summed E-state index contributed by atoms with van der Waals surface area (Å²) in [6, 6.07) is 9.98. The summed E-state index contributed by atoms with van der Waals surface area (Å²) in [4.78, 5) is 0. The molecule has 1 unspecified atom stereocenters. The summed E-state index contributed by atoms with van der Waals surface area (Å²) in [6.45, 7) is 2.95. The average molecular weight is 310 g/mol. The van der Waals surface area contributed by atoms with Crippen molar-refractivity contribution in [1.82, 2.24) is 5.32 Å². The van der Waals surface area contributed by atoms with Crippen molar-refractivity contribution >= 4 is 15.9 Å². The van der Waals surface area contributed by atoms with Crippen LogP contribution in [0.25, 0.3) is 0 Å². The molecule has 0 aliphatic heterocycles. The van der Waals surface area contributed by atoms with E-state index in [1.807, 2.05) is 24.3 Å². The van der Waals surface area contributed by atoms with Gasteiger partial charge in [-0.15, -0.1) is 0 Å². The Bertz CT molecular complexity index is 497. The van der Waals surface area contributed by atoms with Gasteiger partial charge in [-0.1, -0.05) is 13.0 Å². The van der Waals surface area contributed by atoms with E-state index in [0.29, 0.717) is 0 Å². The zero-order valence-electron chi connectivity index (χ0n) is 10.4. The van der Waals surface area contributed by atoms with Crippen molar-refractivity contribution in [3.8, 4) is 5.75 Å². The highest BCUT2D eigenvalue weighted by Crippen LogP contribution is 2.30. The van der Waals surface area contributed by atoms with Crippen LogP contribution in [0.2, 0.25) is 0 Å². The van der Waals surface area contributed by atoms with Crippen LogP contribution < -0.4 is 10.1 Å². The van der Waals surface area contributed by atoms with Gasteiger partial charge in [0.25, 0.3) is 0 Å². The molecule has 1 aromatic carbocycles. The van der Waals surface area contributed by atoms with Crippen molar-refractivity contribution in [1.29, 1.82) is 0 Å². The smallest absolute Gasteiger partial charge is 0.133 e. The lowest BCUT2D eigenvalue weighted by Gasteiger charge is -2.17. The van der Waals surface area contributed by atoms with E-state index in [4.69, 9.17) is 9.15 Å². The molecule has 0 spiro atoms. The number of methoxy groups -OCH3 is 1. The fourth-order valence-electron chi connectivity index (χ4n) is 1.90. The Labute approximate surface area is 115 Å². The van der Waals surface area contributed by atoms with Gasteiger partial charge in [-0.05, 0) is 52.3 Å². The fourth-order valence-corrected chi connectivity index (χ4v) is 2.46. The summed E-state index contributed by atoms with van der Waals surface area (Å²) in [5.41, 5.74) is 1.14. The molecule has 0 radical (unpaired) electrons. The molecule has 2 aromatic rings. The maximum absolute atomic E-state index is 5.49. The molecule has 4 heteroatoms. The van der Waals surface area contributed by atoms with Crippen molar-refractivity contribution in [2.45, 2.75) is 13.0 Å². The minimum absolute atomic E-state index is 0.0622. The van der Waals surface area contributed by atoms with E-state index in [0.717, 1.165) is 28.1 Å². The minimum atomic E-state index is 0.0622. The fraction of sp³-hybridized carbons (Fsp3) is 0.286. The van der Waals surface area contributed by atoms with Gasteiger partial charge in [0.15, 0.2) is 0 Å². The molecule has 0 aliphatic carbocycles. The highest BCUT2D eigenvalue weighted by atomic mass is 79.9. The van der Waals surface area contributed by atoms with Crippen LogP contribution >= 0.6 is 15.9 Å². The van der Waals surface area contributed by atoms with E-state index in [-0.39, 0.29) is 6.04 Å². The first-order chi connectivity index (χ1) is 8.76. The van der Waals surface area contributed by atoms with E-state index in [1.165, 1.54) is 0 Å². The number of rotatable bonds is 5. The van der Waals surface area contributed by atoms with Crippen molar-refractivity contribution in [3.63, 3.8) is 0 Å².